The Kier molecular flexibility index (Phi) is 6.41. The predicted molar refractivity (Wildman–Crippen MR) is 102 cm³/mol. The van der Waals surface area contributed by atoms with Crippen LogP contribution in [0.4, 0.5) is 16.2 Å². The van der Waals surface area contributed by atoms with Crippen LogP contribution in [0.25, 0.3) is 0 Å². The highest BCUT2D eigenvalue weighted by Gasteiger charge is 2.13. The number of carbonyl (C=O) groups is 2. The Labute approximate surface area is 159 Å². The molecule has 0 unspecified atom stereocenters. The molecule has 2 rings (SSSR count). The molecule has 2 aromatic rings. The summed E-state index contributed by atoms with van der Waals surface area (Å²) < 4.78 is 2.61. The normalized spacial score (nSPS) is 10.2. The minimum Gasteiger partial charge on any atom is -0.505 e. The highest BCUT2D eigenvalue weighted by Crippen LogP contribution is 2.39. The molecule has 4 N–H and O–H groups in total. The highest BCUT2D eigenvalue weighted by molar-refractivity contribution is 7.98. The van der Waals surface area contributed by atoms with E-state index in [0.29, 0.717) is 21.8 Å². The number of nitrogens with one attached hydrogen (secondary N) is 3. The van der Waals surface area contributed by atoms with Gasteiger partial charge in [-0.2, -0.15) is 0 Å². The maximum absolute atomic E-state index is 12.0. The summed E-state index contributed by atoms with van der Waals surface area (Å²) in [5.41, 5.74) is 1.80. The third-order valence-electron chi connectivity index (χ3n) is 3.11. The van der Waals surface area contributed by atoms with Gasteiger partial charge in [0.25, 0.3) is 0 Å². The first-order valence-corrected chi connectivity index (χ1v) is 8.64. The predicted octanol–water partition coefficient (Wildman–Crippen LogP) is 4.79. The molecule has 0 aliphatic rings. The van der Waals surface area contributed by atoms with E-state index >= 15 is 0 Å². The monoisotopic (exact) mass is 399 g/mol. The van der Waals surface area contributed by atoms with Crippen molar-refractivity contribution in [3.8, 4) is 5.75 Å². The van der Waals surface area contributed by atoms with E-state index in [2.05, 4.69) is 15.4 Å². The van der Waals surface area contributed by atoms with Gasteiger partial charge in [0.2, 0.25) is 5.91 Å². The van der Waals surface area contributed by atoms with E-state index in [-0.39, 0.29) is 21.7 Å². The van der Waals surface area contributed by atoms with E-state index in [1.54, 1.807) is 31.2 Å². The van der Waals surface area contributed by atoms with Crippen LogP contribution in [0, 0.1) is 6.92 Å². The first-order chi connectivity index (χ1) is 11.8. The molecule has 0 radical (unpaired) electrons. The van der Waals surface area contributed by atoms with Crippen molar-refractivity contribution in [2.75, 3.05) is 10.6 Å². The minimum absolute atomic E-state index is 0.105. The van der Waals surface area contributed by atoms with Crippen molar-refractivity contribution in [3.05, 3.63) is 45.9 Å². The van der Waals surface area contributed by atoms with E-state index in [4.69, 9.17) is 23.2 Å². The fraction of sp³-hybridized carbons (Fsp3) is 0.125. The number of carbonyl (C=O) groups excluding carboxylic acids is 2. The van der Waals surface area contributed by atoms with Crippen molar-refractivity contribution in [1.29, 1.82) is 0 Å². The van der Waals surface area contributed by atoms with Gasteiger partial charge in [-0.3, -0.25) is 9.52 Å². The molecule has 2 aromatic carbocycles. The third kappa shape index (κ3) is 5.19. The Hall–Kier alpha value is -2.09. The summed E-state index contributed by atoms with van der Waals surface area (Å²) in [5.74, 6) is -0.356. The molecule has 0 aliphatic carbocycles. The van der Waals surface area contributed by atoms with Crippen LogP contribution in [-0.2, 0) is 4.79 Å². The smallest absolute Gasteiger partial charge is 0.329 e. The van der Waals surface area contributed by atoms with Crippen molar-refractivity contribution in [3.63, 3.8) is 0 Å². The molecule has 0 aromatic heterocycles. The average molecular weight is 400 g/mol. The Balaban J connectivity index is 1.96. The fourth-order valence-corrected chi connectivity index (χ4v) is 3.15. The molecular weight excluding hydrogens is 385 g/mol. The van der Waals surface area contributed by atoms with Crippen molar-refractivity contribution >= 4 is 58.5 Å². The fourth-order valence-electron chi connectivity index (χ4n) is 1.89. The van der Waals surface area contributed by atoms with E-state index in [9.17, 15) is 14.7 Å². The summed E-state index contributed by atoms with van der Waals surface area (Å²) in [6.07, 6.45) is 0. The van der Waals surface area contributed by atoms with Crippen LogP contribution in [0.5, 0.6) is 5.75 Å². The number of halogens is 2. The molecular formula is C16H15Cl2N3O3S. The highest BCUT2D eigenvalue weighted by atomic mass is 35.5. The maximum atomic E-state index is 12.0. The van der Waals surface area contributed by atoms with E-state index in [0.717, 1.165) is 11.9 Å². The molecule has 6 nitrogen and oxygen atoms in total. The van der Waals surface area contributed by atoms with E-state index < -0.39 is 6.03 Å². The maximum Gasteiger partial charge on any atom is 0.329 e. The zero-order valence-corrected chi connectivity index (χ0v) is 15.6. The lowest BCUT2D eigenvalue weighted by Gasteiger charge is -2.11. The molecule has 0 bridgehead atoms. The lowest BCUT2D eigenvalue weighted by Crippen LogP contribution is -2.22. The van der Waals surface area contributed by atoms with E-state index in [1.165, 1.54) is 13.0 Å². The van der Waals surface area contributed by atoms with Gasteiger partial charge in [-0.1, -0.05) is 23.2 Å². The SMILES string of the molecule is CC(=O)Nc1ccc(NC(=O)NSc2cc(Cl)c(O)c(Cl)c2C)cc1. The number of aromatic hydroxyl groups is 1. The van der Waals surface area contributed by atoms with Crippen molar-refractivity contribution in [1.82, 2.24) is 4.72 Å². The first kappa shape index (κ1) is 19.2. The summed E-state index contributed by atoms with van der Waals surface area (Å²) in [6.45, 7) is 3.13. The molecule has 0 spiro atoms. The number of hydrogen-bond donors (Lipinski definition) is 4. The van der Waals surface area contributed by atoms with Crippen molar-refractivity contribution in [2.24, 2.45) is 0 Å². The number of amides is 3. The third-order valence-corrected chi connectivity index (χ3v) is 4.79. The van der Waals surface area contributed by atoms with Crippen LogP contribution in [0.3, 0.4) is 0 Å². The lowest BCUT2D eigenvalue weighted by molar-refractivity contribution is -0.114. The minimum atomic E-state index is -0.447. The number of urea groups is 1. The molecule has 0 atom stereocenters. The topological polar surface area (TPSA) is 90.5 Å². The average Bonchev–Trinajstić information content (AvgIpc) is 2.56. The zero-order chi connectivity index (χ0) is 18.6. The Bertz CT molecular complexity index is 813. The summed E-state index contributed by atoms with van der Waals surface area (Å²) >= 11 is 12.9. The zero-order valence-electron chi connectivity index (χ0n) is 13.3. The van der Waals surface area contributed by atoms with E-state index in [1.807, 2.05) is 0 Å². The molecule has 0 fully saturated rings. The van der Waals surface area contributed by atoms with Gasteiger partial charge in [0, 0.05) is 23.2 Å². The van der Waals surface area contributed by atoms with Crippen LogP contribution in [0.2, 0.25) is 10.0 Å². The second-order valence-corrected chi connectivity index (χ2v) is 6.69. The summed E-state index contributed by atoms with van der Waals surface area (Å²) in [5, 5.41) is 15.2. The number of phenols is 1. The molecule has 0 saturated heterocycles. The molecule has 9 heteroatoms. The quantitative estimate of drug-likeness (QED) is 0.556. The Morgan fingerprint density at radius 1 is 1.08 bits per heavy atom. The number of rotatable bonds is 4. The summed E-state index contributed by atoms with van der Waals surface area (Å²) in [6, 6.07) is 7.74. The lowest BCUT2D eigenvalue weighted by atomic mass is 10.2. The van der Waals surface area contributed by atoms with Crippen molar-refractivity contribution in [2.45, 2.75) is 18.7 Å². The number of hydrogen-bond acceptors (Lipinski definition) is 4. The second-order valence-electron chi connectivity index (χ2n) is 5.06. The standard InChI is InChI=1S/C16H15Cl2N3O3S/c1-8-13(7-12(17)15(23)14(8)18)25-21-16(24)20-11-5-3-10(4-6-11)19-9(2)22/h3-7,23H,1-2H3,(H,19,22)(H2,20,21,24). The van der Waals surface area contributed by atoms with Crippen LogP contribution >= 0.6 is 35.1 Å². The van der Waals surface area contributed by atoms with Gasteiger partial charge in [0.1, 0.15) is 0 Å². The van der Waals surface area contributed by atoms with Crippen LogP contribution < -0.4 is 15.4 Å². The van der Waals surface area contributed by atoms with Gasteiger partial charge in [-0.25, -0.2) is 4.79 Å². The molecule has 132 valence electrons. The molecule has 25 heavy (non-hydrogen) atoms. The first-order valence-electron chi connectivity index (χ1n) is 7.07. The Morgan fingerprint density at radius 2 is 1.64 bits per heavy atom. The van der Waals surface area contributed by atoms with Crippen LogP contribution in [0.15, 0.2) is 35.2 Å². The van der Waals surface area contributed by atoms with Crippen molar-refractivity contribution < 1.29 is 14.7 Å². The summed E-state index contributed by atoms with van der Waals surface area (Å²) in [7, 11) is 0. The number of phenolic OH excluding ortho intramolecular Hbond substituents is 1. The van der Waals surface area contributed by atoms with Crippen LogP contribution in [0.1, 0.15) is 12.5 Å². The van der Waals surface area contributed by atoms with Gasteiger partial charge in [-0.05, 0) is 54.8 Å². The Morgan fingerprint density at radius 3 is 2.20 bits per heavy atom. The molecule has 0 heterocycles. The van der Waals surface area contributed by atoms with Gasteiger partial charge in [0.05, 0.1) is 10.0 Å². The van der Waals surface area contributed by atoms with Gasteiger partial charge >= 0.3 is 6.03 Å². The second kappa shape index (κ2) is 8.33. The van der Waals surface area contributed by atoms with Gasteiger partial charge in [-0.15, -0.1) is 0 Å². The number of benzene rings is 2. The van der Waals surface area contributed by atoms with Gasteiger partial charge < -0.3 is 15.7 Å². The summed E-state index contributed by atoms with van der Waals surface area (Å²) in [4.78, 5) is 23.5. The largest absolute Gasteiger partial charge is 0.505 e. The van der Waals surface area contributed by atoms with Crippen LogP contribution in [-0.4, -0.2) is 17.0 Å². The molecule has 0 aliphatic heterocycles. The molecule has 0 saturated carbocycles. The molecule has 3 amide bonds. The number of anilines is 2. The van der Waals surface area contributed by atoms with Gasteiger partial charge in [0.15, 0.2) is 5.75 Å².